The van der Waals surface area contributed by atoms with Gasteiger partial charge >= 0.3 is 18.3 Å². The fourth-order valence-corrected chi connectivity index (χ4v) is 15.2. The highest BCUT2D eigenvalue weighted by atomic mass is 32.1. The number of H-pyrrole nitrogens is 4. The van der Waals surface area contributed by atoms with E-state index >= 15 is 0 Å². The number of aromatic amines is 4. The largest absolute Gasteiger partial charge is 0.453 e. The van der Waals surface area contributed by atoms with Crippen LogP contribution >= 0.6 is 54.0 Å². The van der Waals surface area contributed by atoms with Gasteiger partial charge in [0.15, 0.2) is 10.9 Å². The van der Waals surface area contributed by atoms with Crippen molar-refractivity contribution in [3.63, 3.8) is 0 Å². The number of aromatic nitrogens is 6. The molecule has 566 valence electrons. The molecular weight excluding hydrogens is 1440 g/mol. The number of pyridine rings is 2. The molecule has 4 aliphatic rings. The summed E-state index contributed by atoms with van der Waals surface area (Å²) >= 11 is 0. The number of nitrogens with zero attached hydrogens (tertiary/aromatic N) is 5. The predicted molar refractivity (Wildman–Crippen MR) is 443 cm³/mol. The molecule has 6 atom stereocenters. The molecule has 0 radical (unpaired) electrons. The number of imidazole rings is 2. The Kier molecular flexibility index (Phi) is 26.4. The molecule has 4 aliphatic heterocycles. The van der Waals surface area contributed by atoms with Crippen molar-refractivity contribution in [3.05, 3.63) is 213 Å². The van der Waals surface area contributed by atoms with Crippen LogP contribution in [0.1, 0.15) is 132 Å². The first kappa shape index (κ1) is 80.5. The minimum absolute atomic E-state index is 0. The van der Waals surface area contributed by atoms with Crippen LogP contribution < -0.4 is 26.8 Å². The van der Waals surface area contributed by atoms with Crippen molar-refractivity contribution < 1.29 is 38.2 Å². The van der Waals surface area contributed by atoms with Crippen molar-refractivity contribution in [3.8, 4) is 44.8 Å². The highest BCUT2D eigenvalue weighted by Crippen LogP contribution is 2.38. The van der Waals surface area contributed by atoms with Crippen LogP contribution in [0.15, 0.2) is 174 Å². The Morgan fingerprint density at radius 3 is 1.34 bits per heavy atom. The van der Waals surface area contributed by atoms with Gasteiger partial charge in [-0.15, -0.1) is 0 Å². The summed E-state index contributed by atoms with van der Waals surface area (Å²) in [6.07, 6.45) is 8.97. The zero-order valence-electron chi connectivity index (χ0n) is 61.2. The fraction of sp³-hybridized carbons (Fsp3) is 0.329. The number of likely N-dealkylation sites (tertiary alicyclic amines) is 3. The lowest BCUT2D eigenvalue weighted by atomic mass is 9.98. The molecule has 0 spiro atoms. The first-order valence-corrected chi connectivity index (χ1v) is 36.0. The third kappa shape index (κ3) is 17.3. The van der Waals surface area contributed by atoms with Gasteiger partial charge in [0.1, 0.15) is 30.3 Å². The van der Waals surface area contributed by atoms with E-state index in [1.165, 1.54) is 14.2 Å². The molecule has 8 heterocycles. The van der Waals surface area contributed by atoms with Crippen molar-refractivity contribution in [1.82, 2.24) is 60.6 Å². The number of amides is 5. The summed E-state index contributed by atoms with van der Waals surface area (Å²) < 4.78 is 15.2. The molecule has 26 heteroatoms. The lowest BCUT2D eigenvalue weighted by Crippen LogP contribution is -2.51. The molecule has 11 aromatic rings. The summed E-state index contributed by atoms with van der Waals surface area (Å²) in [5, 5.41) is 14.5. The maximum atomic E-state index is 13.6. The Labute approximate surface area is 654 Å². The summed E-state index contributed by atoms with van der Waals surface area (Å²) in [6, 6.07) is 48.2. The molecule has 4 aromatic heterocycles. The molecule has 7 N–H and O–H groups in total. The number of methoxy groups -OCH3 is 2. The van der Waals surface area contributed by atoms with Crippen LogP contribution in [0.3, 0.4) is 0 Å². The molecule has 108 heavy (non-hydrogen) atoms. The summed E-state index contributed by atoms with van der Waals surface area (Å²) in [7, 11) is 2.59. The molecule has 2 unspecified atom stereocenters. The SMILES string of the molecule is COC(=O)N[C@H](C(=O)N1CCC[C@H]1c1ncc(-c2ccc3cc(-c4ccc5c(=O)cc(C6CCCN6)[nH]c5c4)ccc3c2)[nH]1)C(C)C.COC(=O)N[C@H](C(=O)N1CCC[C@H]1c1ncc(-c2ccc3cc(-c4ccc5c(=O)cc(C6CCCN6C(=O)OCc6ccccc6)[nH]c5c4)ccc3c2)[nH]1)C(C)C.S.S.S.S. The topological polar surface area (TPSA) is 282 Å². The van der Waals surface area contributed by atoms with Crippen molar-refractivity contribution in [1.29, 1.82) is 0 Å². The number of hydrogen-bond acceptors (Lipinski definition) is 13. The molecule has 0 bridgehead atoms. The van der Waals surface area contributed by atoms with E-state index in [1.54, 1.807) is 23.2 Å². The van der Waals surface area contributed by atoms with Gasteiger partial charge in [0.25, 0.3) is 0 Å². The summed E-state index contributed by atoms with van der Waals surface area (Å²) in [5.41, 5.74) is 11.9. The Morgan fingerprint density at radius 2 is 0.889 bits per heavy atom. The Hall–Kier alpha value is -9.99. The van der Waals surface area contributed by atoms with E-state index in [4.69, 9.17) is 24.2 Å². The highest BCUT2D eigenvalue weighted by molar-refractivity contribution is 7.59. The van der Waals surface area contributed by atoms with Gasteiger partial charge in [-0.1, -0.05) is 119 Å². The van der Waals surface area contributed by atoms with E-state index in [9.17, 15) is 33.6 Å². The van der Waals surface area contributed by atoms with Crippen molar-refractivity contribution in [2.45, 2.75) is 122 Å². The number of hydrogen-bond donors (Lipinski definition) is 7. The van der Waals surface area contributed by atoms with Crippen molar-refractivity contribution in [2.24, 2.45) is 11.8 Å². The normalized spacial score (nSPS) is 17.3. The average Bonchev–Trinajstić information content (AvgIpc) is 1.12. The number of fused-ring (bicyclic) bond motifs is 4. The van der Waals surface area contributed by atoms with E-state index < -0.39 is 24.3 Å². The van der Waals surface area contributed by atoms with Gasteiger partial charge in [0, 0.05) is 71.1 Å². The first-order valence-electron chi connectivity index (χ1n) is 36.0. The quantitative estimate of drug-likeness (QED) is 0.0444. The van der Waals surface area contributed by atoms with Gasteiger partial charge in [-0.05, 0) is 168 Å². The third-order valence-corrected chi connectivity index (χ3v) is 20.8. The number of benzene rings is 7. The van der Waals surface area contributed by atoms with Crippen LogP contribution in [0.2, 0.25) is 0 Å². The molecule has 22 nitrogen and oxygen atoms in total. The maximum absolute atomic E-state index is 13.6. The van der Waals surface area contributed by atoms with E-state index in [1.807, 2.05) is 104 Å². The predicted octanol–water partition coefficient (Wildman–Crippen LogP) is 14.9. The molecule has 5 amide bonds. The Balaban J connectivity index is 0.000000226. The molecule has 0 aliphatic carbocycles. The Morgan fingerprint density at radius 1 is 0.472 bits per heavy atom. The number of rotatable bonds is 16. The minimum atomic E-state index is -0.696. The number of carbonyl (C=O) groups is 5. The van der Waals surface area contributed by atoms with E-state index in [0.29, 0.717) is 47.4 Å². The second-order valence-corrected chi connectivity index (χ2v) is 28.3. The molecule has 4 fully saturated rings. The van der Waals surface area contributed by atoms with E-state index in [2.05, 4.69) is 115 Å². The summed E-state index contributed by atoms with van der Waals surface area (Å²) in [4.78, 5) is 119. The van der Waals surface area contributed by atoms with Crippen LogP contribution in [0.25, 0.3) is 88.1 Å². The van der Waals surface area contributed by atoms with Gasteiger partial charge in [-0.2, -0.15) is 54.0 Å². The second kappa shape index (κ2) is 35.4. The zero-order chi connectivity index (χ0) is 72.3. The number of nitrogens with one attached hydrogen (secondary N) is 7. The maximum Gasteiger partial charge on any atom is 0.410 e. The summed E-state index contributed by atoms with van der Waals surface area (Å²) in [6.45, 7) is 10.5. The van der Waals surface area contributed by atoms with E-state index in [0.717, 1.165) is 147 Å². The summed E-state index contributed by atoms with van der Waals surface area (Å²) in [5.74, 6) is 0.976. The highest BCUT2D eigenvalue weighted by Gasteiger charge is 2.40. The second-order valence-electron chi connectivity index (χ2n) is 28.3. The van der Waals surface area contributed by atoms with Gasteiger partial charge in [0.05, 0.1) is 67.2 Å². The first-order chi connectivity index (χ1) is 50.4. The molecular formula is C82H94N12O10S4. The van der Waals surface area contributed by atoms with Crippen LogP contribution in [0, 0.1) is 11.8 Å². The van der Waals surface area contributed by atoms with Gasteiger partial charge in [0.2, 0.25) is 11.8 Å². The van der Waals surface area contributed by atoms with E-state index in [-0.39, 0.29) is 125 Å². The smallest absolute Gasteiger partial charge is 0.410 e. The van der Waals surface area contributed by atoms with Crippen molar-refractivity contribution >= 4 is 127 Å². The van der Waals surface area contributed by atoms with Crippen LogP contribution in [-0.2, 0) is 30.4 Å². The number of ether oxygens (including phenoxy) is 3. The number of alkyl carbamates (subject to hydrolysis) is 2. The average molecular weight is 1540 g/mol. The van der Waals surface area contributed by atoms with Gasteiger partial charge in [-0.25, -0.2) is 24.4 Å². The molecule has 4 saturated heterocycles. The molecule has 7 aromatic carbocycles. The minimum Gasteiger partial charge on any atom is -0.453 e. The number of carbonyl (C=O) groups excluding carboxylic acids is 5. The van der Waals surface area contributed by atoms with Gasteiger partial charge in [-0.3, -0.25) is 24.1 Å². The molecule has 15 rings (SSSR count). The third-order valence-electron chi connectivity index (χ3n) is 20.8. The van der Waals surface area contributed by atoms with Crippen LogP contribution in [-0.4, -0.2) is 127 Å². The van der Waals surface area contributed by atoms with Crippen LogP contribution in [0.4, 0.5) is 14.4 Å². The fourth-order valence-electron chi connectivity index (χ4n) is 15.2. The van der Waals surface area contributed by atoms with Crippen LogP contribution in [0.5, 0.6) is 0 Å². The zero-order valence-corrected chi connectivity index (χ0v) is 65.2. The standard InChI is InChI=1S/C45H46N6O6.C37H40N6O4.4H2S/c1-27(2)41(49-44(54)56-3)43(53)50-19-8-12-39(50)42-46-25-37(48-42)33-16-15-29-21-30(13-14-31(29)22-33)32-17-18-34-35(23-32)47-36(24-40(34)52)38-11-7-20-51(38)45(55)57-26-28-9-5-4-6-10-28;1-21(2)34(42-37(46)47-3)36(45)43-15-5-7-32(43)35-39-20-31(41-35)26-11-10-22-16-23(8-9-24(22)17-26)25-12-13-27-29(18-25)40-30(19-33(27)44)28-6-4-14-38-28;;;;/h4-6,9-10,13-18,21-25,27,38-39,41H,7-8,11-12,19-20,26H2,1-3H3,(H,46,48)(H,47,52)(H,49,54);8-13,16-21,28,32,34,38H,4-7,14-15H2,1-3H3,(H,39,41)(H,40,44)(H,42,46);4*1H2/t38?,39-,41-;28?,32-,34-;;;;/m00..../s1. The lowest BCUT2D eigenvalue weighted by Gasteiger charge is -2.30. The van der Waals surface area contributed by atoms with Gasteiger partial charge < -0.3 is 59.9 Å². The lowest BCUT2D eigenvalue weighted by molar-refractivity contribution is -0.136. The Bertz CT molecular complexity index is 5200. The monoisotopic (exact) mass is 1530 g/mol. The molecule has 0 saturated carbocycles. The van der Waals surface area contributed by atoms with Crippen molar-refractivity contribution in [2.75, 3.05) is 40.4 Å².